The minimum Gasteiger partial charge on any atom is -0.349 e. The number of carbonyl (C=O) groups is 3. The van der Waals surface area contributed by atoms with Gasteiger partial charge in [0, 0.05) is 12.7 Å². The average Bonchev–Trinajstić information content (AvgIpc) is 3.11. The third-order valence-corrected chi connectivity index (χ3v) is 5.87. The van der Waals surface area contributed by atoms with Gasteiger partial charge < -0.3 is 15.5 Å². The molecule has 4 amide bonds. The van der Waals surface area contributed by atoms with Crippen LogP contribution in [0.25, 0.3) is 0 Å². The maximum atomic E-state index is 13.4. The SMILES string of the molecule is C=CCN1C(=O)NC(c2ccc(C)cc2C)C2=C1CN(CC(=O)NCc1ccccn1)C2=O. The van der Waals surface area contributed by atoms with E-state index in [1.54, 1.807) is 18.3 Å². The van der Waals surface area contributed by atoms with Crippen LogP contribution in [0.15, 0.2) is 66.5 Å². The van der Waals surface area contributed by atoms with Crippen LogP contribution in [0, 0.1) is 13.8 Å². The van der Waals surface area contributed by atoms with Crippen LogP contribution >= 0.6 is 0 Å². The van der Waals surface area contributed by atoms with E-state index in [0.29, 0.717) is 11.3 Å². The number of rotatable bonds is 7. The lowest BCUT2D eigenvalue weighted by molar-refractivity contribution is -0.132. The van der Waals surface area contributed by atoms with Crippen molar-refractivity contribution < 1.29 is 14.4 Å². The summed E-state index contributed by atoms with van der Waals surface area (Å²) in [6, 6.07) is 10.6. The van der Waals surface area contributed by atoms with E-state index in [2.05, 4.69) is 22.2 Å². The van der Waals surface area contributed by atoms with E-state index in [1.807, 2.05) is 44.2 Å². The molecule has 2 aromatic rings. The van der Waals surface area contributed by atoms with Crippen LogP contribution in [-0.2, 0) is 16.1 Å². The van der Waals surface area contributed by atoms with Crippen molar-refractivity contribution in [3.05, 3.63) is 88.9 Å². The van der Waals surface area contributed by atoms with Gasteiger partial charge in [0.15, 0.2) is 0 Å². The summed E-state index contributed by atoms with van der Waals surface area (Å²) in [6.07, 6.45) is 3.28. The monoisotopic (exact) mass is 445 g/mol. The van der Waals surface area contributed by atoms with Gasteiger partial charge >= 0.3 is 6.03 Å². The molecule has 0 bridgehead atoms. The number of hydrogen-bond donors (Lipinski definition) is 2. The summed E-state index contributed by atoms with van der Waals surface area (Å²) in [5, 5.41) is 5.78. The summed E-state index contributed by atoms with van der Waals surface area (Å²) in [5.74, 6) is -0.538. The molecule has 1 unspecified atom stereocenters. The molecule has 1 atom stereocenters. The first kappa shape index (κ1) is 22.3. The Kier molecular flexibility index (Phi) is 6.26. The molecule has 0 aliphatic carbocycles. The predicted molar refractivity (Wildman–Crippen MR) is 124 cm³/mol. The topological polar surface area (TPSA) is 94.6 Å². The Labute approximate surface area is 193 Å². The largest absolute Gasteiger partial charge is 0.349 e. The molecule has 8 nitrogen and oxygen atoms in total. The first-order chi connectivity index (χ1) is 15.9. The summed E-state index contributed by atoms with van der Waals surface area (Å²) in [4.78, 5) is 46.1. The molecule has 2 N–H and O–H groups in total. The summed E-state index contributed by atoms with van der Waals surface area (Å²) >= 11 is 0. The number of pyridine rings is 1. The first-order valence-corrected chi connectivity index (χ1v) is 10.8. The summed E-state index contributed by atoms with van der Waals surface area (Å²) < 4.78 is 0. The number of amides is 4. The number of hydrogen-bond acceptors (Lipinski definition) is 4. The van der Waals surface area contributed by atoms with Crippen molar-refractivity contribution in [3.8, 4) is 0 Å². The van der Waals surface area contributed by atoms with Crippen LogP contribution in [-0.4, -0.2) is 52.3 Å². The van der Waals surface area contributed by atoms with Crippen molar-refractivity contribution in [2.24, 2.45) is 0 Å². The molecule has 4 rings (SSSR count). The molecule has 0 saturated heterocycles. The van der Waals surface area contributed by atoms with Crippen molar-refractivity contribution >= 4 is 17.8 Å². The Morgan fingerprint density at radius 1 is 1.27 bits per heavy atom. The van der Waals surface area contributed by atoms with Crippen molar-refractivity contribution in [2.75, 3.05) is 19.6 Å². The van der Waals surface area contributed by atoms with Crippen LogP contribution in [0.5, 0.6) is 0 Å². The Hall–Kier alpha value is -3.94. The Morgan fingerprint density at radius 2 is 2.09 bits per heavy atom. The van der Waals surface area contributed by atoms with Gasteiger partial charge in [0.1, 0.15) is 6.54 Å². The van der Waals surface area contributed by atoms with Crippen molar-refractivity contribution in [1.29, 1.82) is 0 Å². The molecule has 2 aliphatic rings. The molecule has 0 spiro atoms. The molecule has 0 fully saturated rings. The molecule has 33 heavy (non-hydrogen) atoms. The van der Waals surface area contributed by atoms with E-state index in [-0.39, 0.29) is 44.0 Å². The van der Waals surface area contributed by atoms with Gasteiger partial charge in [0.05, 0.1) is 36.1 Å². The fourth-order valence-electron chi connectivity index (χ4n) is 4.30. The van der Waals surface area contributed by atoms with Crippen LogP contribution < -0.4 is 10.6 Å². The lowest BCUT2D eigenvalue weighted by Gasteiger charge is -2.33. The van der Waals surface area contributed by atoms with Gasteiger partial charge in [-0.25, -0.2) is 4.79 Å². The minimum absolute atomic E-state index is 0.103. The maximum Gasteiger partial charge on any atom is 0.322 e. The van der Waals surface area contributed by atoms with Gasteiger partial charge in [-0.05, 0) is 37.1 Å². The van der Waals surface area contributed by atoms with Crippen molar-refractivity contribution in [2.45, 2.75) is 26.4 Å². The third kappa shape index (κ3) is 4.50. The smallest absolute Gasteiger partial charge is 0.322 e. The zero-order valence-corrected chi connectivity index (χ0v) is 18.8. The quantitative estimate of drug-likeness (QED) is 0.640. The Bertz CT molecular complexity index is 1140. The van der Waals surface area contributed by atoms with Crippen LogP contribution in [0.4, 0.5) is 4.79 Å². The first-order valence-electron chi connectivity index (χ1n) is 10.8. The van der Waals surface area contributed by atoms with Gasteiger partial charge in [0.2, 0.25) is 5.91 Å². The summed E-state index contributed by atoms with van der Waals surface area (Å²) in [5.41, 5.74) is 4.81. The lowest BCUT2D eigenvalue weighted by Crippen LogP contribution is -2.47. The fourth-order valence-corrected chi connectivity index (χ4v) is 4.30. The van der Waals surface area contributed by atoms with Gasteiger partial charge in [0.25, 0.3) is 5.91 Å². The highest BCUT2D eigenvalue weighted by Crippen LogP contribution is 2.37. The molecule has 0 radical (unpaired) electrons. The molecule has 1 aromatic carbocycles. The van der Waals surface area contributed by atoms with Crippen LogP contribution in [0.3, 0.4) is 0 Å². The normalized spacial score (nSPS) is 17.7. The number of nitrogens with one attached hydrogen (secondary N) is 2. The third-order valence-electron chi connectivity index (χ3n) is 5.87. The maximum absolute atomic E-state index is 13.4. The number of nitrogens with zero attached hydrogens (tertiary/aromatic N) is 3. The minimum atomic E-state index is -0.566. The van der Waals surface area contributed by atoms with E-state index >= 15 is 0 Å². The Balaban J connectivity index is 1.57. The highest BCUT2D eigenvalue weighted by Gasteiger charge is 2.44. The Morgan fingerprint density at radius 3 is 2.79 bits per heavy atom. The predicted octanol–water partition coefficient (Wildman–Crippen LogP) is 2.36. The lowest BCUT2D eigenvalue weighted by atomic mass is 9.91. The second-order valence-electron chi connectivity index (χ2n) is 8.26. The van der Waals surface area contributed by atoms with Gasteiger partial charge in [-0.15, -0.1) is 6.58 Å². The highest BCUT2D eigenvalue weighted by atomic mass is 16.2. The number of carbonyl (C=O) groups excluding carboxylic acids is 3. The van der Waals surface area contributed by atoms with E-state index in [4.69, 9.17) is 0 Å². The average molecular weight is 446 g/mol. The molecular formula is C25H27N5O3. The molecule has 3 heterocycles. The standard InChI is InChI=1S/C25H27N5O3/c1-4-11-30-20-14-29(15-21(31)27-13-18-7-5-6-10-26-18)24(32)22(20)23(28-25(30)33)19-9-8-16(2)12-17(19)3/h4-10,12,23H,1,11,13-15H2,2-3H3,(H,27,31)(H,28,33). The molecular weight excluding hydrogens is 418 g/mol. The van der Waals surface area contributed by atoms with Crippen LogP contribution in [0.2, 0.25) is 0 Å². The number of aryl methyl sites for hydroxylation is 2. The second kappa shape index (κ2) is 9.28. The number of benzene rings is 1. The molecule has 2 aliphatic heterocycles. The van der Waals surface area contributed by atoms with E-state index in [0.717, 1.165) is 22.4 Å². The van der Waals surface area contributed by atoms with Gasteiger partial charge in [-0.1, -0.05) is 35.9 Å². The van der Waals surface area contributed by atoms with Gasteiger partial charge in [-0.2, -0.15) is 0 Å². The molecule has 1 aromatic heterocycles. The van der Waals surface area contributed by atoms with Crippen LogP contribution in [0.1, 0.15) is 28.4 Å². The zero-order chi connectivity index (χ0) is 23.5. The molecule has 8 heteroatoms. The second-order valence-corrected chi connectivity index (χ2v) is 8.26. The molecule has 170 valence electrons. The number of urea groups is 1. The highest BCUT2D eigenvalue weighted by molar-refractivity contribution is 6.03. The zero-order valence-electron chi connectivity index (χ0n) is 18.8. The summed E-state index contributed by atoms with van der Waals surface area (Å²) in [6.45, 7) is 8.34. The van der Waals surface area contributed by atoms with E-state index in [9.17, 15) is 14.4 Å². The summed E-state index contributed by atoms with van der Waals surface area (Å²) in [7, 11) is 0. The van der Waals surface area contributed by atoms with Crippen molar-refractivity contribution in [1.82, 2.24) is 25.4 Å². The van der Waals surface area contributed by atoms with Crippen molar-refractivity contribution in [3.63, 3.8) is 0 Å². The van der Waals surface area contributed by atoms with E-state index in [1.165, 1.54) is 9.80 Å². The number of aromatic nitrogens is 1. The van der Waals surface area contributed by atoms with E-state index < -0.39 is 6.04 Å². The molecule has 0 saturated carbocycles. The van der Waals surface area contributed by atoms with Gasteiger partial charge in [-0.3, -0.25) is 19.5 Å². The fraction of sp³-hybridized carbons (Fsp3) is 0.280.